The molecule has 0 aromatic heterocycles. The number of allylic oxidation sites excluding steroid dienone is 3. The number of hydrogen-bond acceptors (Lipinski definition) is 6. The third kappa shape index (κ3) is 5.52. The van der Waals surface area contributed by atoms with Crippen LogP contribution in [-0.4, -0.2) is 27.0 Å². The van der Waals surface area contributed by atoms with Crippen LogP contribution in [0.5, 0.6) is 11.5 Å². The molecule has 184 valence electrons. The monoisotopic (exact) mass is 556 g/mol. The molecule has 8 heteroatoms. The van der Waals surface area contributed by atoms with Crippen LogP contribution in [0.4, 0.5) is 0 Å². The average Bonchev–Trinajstić information content (AvgIpc) is 2.83. The fraction of sp³-hybridized carbons (Fsp3) is 0.143. The van der Waals surface area contributed by atoms with Crippen LogP contribution < -0.4 is 0 Å². The van der Waals surface area contributed by atoms with E-state index >= 15 is 0 Å². The Morgan fingerprint density at radius 3 is 2.14 bits per heavy atom. The number of ketones is 2. The second-order valence-electron chi connectivity index (χ2n) is 8.37. The second kappa shape index (κ2) is 11.2. The number of rotatable bonds is 7. The molecule has 0 spiro atoms. The Bertz CT molecular complexity index is 1430. The summed E-state index contributed by atoms with van der Waals surface area (Å²) in [4.78, 5) is 28.5. The molecule has 0 saturated heterocycles. The van der Waals surface area contributed by atoms with E-state index in [4.69, 9.17) is 23.2 Å². The molecule has 1 aliphatic carbocycles. The van der Waals surface area contributed by atoms with E-state index in [-0.39, 0.29) is 33.1 Å². The number of hydrogen-bond donors (Lipinski definition) is 2. The molecule has 0 heterocycles. The highest BCUT2D eigenvalue weighted by Gasteiger charge is 2.36. The zero-order valence-electron chi connectivity index (χ0n) is 19.4. The molecule has 1 aliphatic rings. The molecule has 1 unspecified atom stereocenters. The van der Waals surface area contributed by atoms with E-state index < -0.39 is 16.8 Å². The van der Waals surface area contributed by atoms with Crippen LogP contribution in [0.2, 0.25) is 10.0 Å². The molecule has 0 radical (unpaired) electrons. The maximum absolute atomic E-state index is 13.8. The molecule has 1 atom stereocenters. The van der Waals surface area contributed by atoms with E-state index in [9.17, 15) is 19.8 Å². The molecule has 0 aliphatic heterocycles. The van der Waals surface area contributed by atoms with E-state index in [1.165, 1.54) is 23.9 Å². The first-order valence-corrected chi connectivity index (χ1v) is 13.5. The lowest BCUT2D eigenvalue weighted by Crippen LogP contribution is -2.24. The van der Waals surface area contributed by atoms with Crippen molar-refractivity contribution in [3.63, 3.8) is 0 Å². The van der Waals surface area contributed by atoms with Crippen molar-refractivity contribution in [1.82, 2.24) is 0 Å². The Morgan fingerprint density at radius 2 is 1.53 bits per heavy atom. The molecular weight excluding hydrogens is 535 g/mol. The van der Waals surface area contributed by atoms with Gasteiger partial charge >= 0.3 is 0 Å². The number of phenolic OH excluding ortho intramolecular Hbond substituents is 2. The summed E-state index contributed by atoms with van der Waals surface area (Å²) in [5.74, 6) is -1.78. The molecular formula is C28H22Cl2O4S2. The number of Topliss-reactive ketones (excluding diaryl/α,β-unsaturated/α-hetero) is 1. The minimum Gasteiger partial charge on any atom is -0.507 e. The van der Waals surface area contributed by atoms with Gasteiger partial charge in [-0.15, -0.1) is 11.8 Å². The summed E-state index contributed by atoms with van der Waals surface area (Å²) in [5, 5.41) is 22.4. The zero-order chi connectivity index (χ0) is 26.0. The largest absolute Gasteiger partial charge is 0.507 e. The molecule has 3 aromatic carbocycles. The van der Waals surface area contributed by atoms with E-state index in [2.05, 4.69) is 0 Å². The van der Waals surface area contributed by atoms with Crippen molar-refractivity contribution in [1.29, 1.82) is 0 Å². The Morgan fingerprint density at radius 1 is 0.917 bits per heavy atom. The number of phenols is 2. The molecule has 4 rings (SSSR count). The SMILES string of the molecule is CC(C)=CCC(Sc1ccccc1Cl)C1=CC(=O)c2c(O)cc(Sc3ccccc3Cl)c(O)c2C1=O. The Balaban J connectivity index is 1.78. The lowest BCUT2D eigenvalue weighted by atomic mass is 9.86. The van der Waals surface area contributed by atoms with Crippen LogP contribution in [0, 0.1) is 0 Å². The predicted octanol–water partition coefficient (Wildman–Crippen LogP) is 8.38. The van der Waals surface area contributed by atoms with Crippen LogP contribution >= 0.6 is 46.7 Å². The van der Waals surface area contributed by atoms with Crippen molar-refractivity contribution in [3.8, 4) is 11.5 Å². The first-order chi connectivity index (χ1) is 17.2. The molecule has 3 aromatic rings. The highest BCUT2D eigenvalue weighted by molar-refractivity contribution is 8.00. The van der Waals surface area contributed by atoms with E-state index in [1.54, 1.807) is 30.3 Å². The minimum absolute atomic E-state index is 0.200. The van der Waals surface area contributed by atoms with Crippen molar-refractivity contribution in [2.75, 3.05) is 0 Å². The lowest BCUT2D eigenvalue weighted by Gasteiger charge is -2.24. The normalized spacial score (nSPS) is 13.7. The number of halogens is 2. The Hall–Kier alpha value is -2.64. The molecule has 0 saturated carbocycles. The van der Waals surface area contributed by atoms with Gasteiger partial charge in [-0.2, -0.15) is 0 Å². The molecule has 36 heavy (non-hydrogen) atoms. The smallest absolute Gasteiger partial charge is 0.194 e. The van der Waals surface area contributed by atoms with Gasteiger partial charge in [0.25, 0.3) is 0 Å². The Kier molecular flexibility index (Phi) is 8.20. The molecule has 0 amide bonds. The third-order valence-electron chi connectivity index (χ3n) is 5.52. The van der Waals surface area contributed by atoms with Crippen molar-refractivity contribution in [2.24, 2.45) is 0 Å². The van der Waals surface area contributed by atoms with Gasteiger partial charge in [-0.25, -0.2) is 0 Å². The molecule has 2 N–H and O–H groups in total. The molecule has 0 bridgehead atoms. The summed E-state index contributed by atoms with van der Waals surface area (Å²) in [6, 6.07) is 15.6. The van der Waals surface area contributed by atoms with Crippen LogP contribution in [0.15, 0.2) is 92.6 Å². The summed E-state index contributed by atoms with van der Waals surface area (Å²) in [7, 11) is 0. The summed E-state index contributed by atoms with van der Waals surface area (Å²) >= 11 is 15.1. The van der Waals surface area contributed by atoms with E-state index in [0.29, 0.717) is 21.4 Å². The van der Waals surface area contributed by atoms with Gasteiger partial charge < -0.3 is 10.2 Å². The van der Waals surface area contributed by atoms with E-state index in [0.717, 1.165) is 22.2 Å². The summed E-state index contributed by atoms with van der Waals surface area (Å²) < 4.78 is 0. The van der Waals surface area contributed by atoms with Crippen molar-refractivity contribution in [2.45, 2.75) is 40.2 Å². The second-order valence-corrected chi connectivity index (χ2v) is 11.5. The van der Waals surface area contributed by atoms with Gasteiger partial charge in [0.1, 0.15) is 11.5 Å². The van der Waals surface area contributed by atoms with Crippen LogP contribution in [-0.2, 0) is 0 Å². The topological polar surface area (TPSA) is 74.6 Å². The number of aromatic hydroxyl groups is 2. The van der Waals surface area contributed by atoms with Crippen LogP contribution in [0.25, 0.3) is 0 Å². The van der Waals surface area contributed by atoms with Gasteiger partial charge in [0.15, 0.2) is 11.6 Å². The van der Waals surface area contributed by atoms with Crippen molar-refractivity contribution < 1.29 is 19.8 Å². The van der Waals surface area contributed by atoms with Crippen molar-refractivity contribution >= 4 is 58.3 Å². The first kappa shape index (κ1) is 26.4. The maximum Gasteiger partial charge on any atom is 0.194 e. The minimum atomic E-state index is -0.538. The van der Waals surface area contributed by atoms with Gasteiger partial charge in [0.2, 0.25) is 0 Å². The highest BCUT2D eigenvalue weighted by Crippen LogP contribution is 2.47. The van der Waals surface area contributed by atoms with Gasteiger partial charge in [-0.3, -0.25) is 9.59 Å². The summed E-state index contributed by atoms with van der Waals surface area (Å²) in [6.07, 6.45) is 3.72. The highest BCUT2D eigenvalue weighted by atomic mass is 35.5. The lowest BCUT2D eigenvalue weighted by molar-refractivity contribution is 0.0976. The van der Waals surface area contributed by atoms with Crippen LogP contribution in [0.3, 0.4) is 0 Å². The molecule has 4 nitrogen and oxygen atoms in total. The Labute approximate surface area is 228 Å². The average molecular weight is 558 g/mol. The van der Waals surface area contributed by atoms with Gasteiger partial charge in [0.05, 0.1) is 26.1 Å². The summed E-state index contributed by atoms with van der Waals surface area (Å²) in [5.41, 5.74) is 0.904. The maximum atomic E-state index is 13.8. The molecule has 0 fully saturated rings. The standard InChI is InChI=1S/C28H22Cl2O4S2/c1-15(2)11-12-21(35-22-9-5-3-7-17(22)29)16-13-19(31)25-20(32)14-24(28(34)26(25)27(16)33)36-23-10-6-4-8-18(23)30/h3-11,13-14,21,32,34H,12H2,1-2H3. The van der Waals surface area contributed by atoms with E-state index in [1.807, 2.05) is 38.1 Å². The summed E-state index contributed by atoms with van der Waals surface area (Å²) in [6.45, 7) is 3.91. The first-order valence-electron chi connectivity index (χ1n) is 11.0. The van der Waals surface area contributed by atoms with Gasteiger partial charge in [-0.05, 0) is 56.7 Å². The number of thioether (sulfide) groups is 1. The zero-order valence-corrected chi connectivity index (χ0v) is 22.6. The number of carbonyl (C=O) groups excluding carboxylic acids is 2. The number of fused-ring (bicyclic) bond motifs is 1. The quantitative estimate of drug-likeness (QED) is 0.173. The third-order valence-corrected chi connectivity index (χ3v) is 8.85. The van der Waals surface area contributed by atoms with Gasteiger partial charge in [0, 0.05) is 20.6 Å². The predicted molar refractivity (Wildman–Crippen MR) is 147 cm³/mol. The van der Waals surface area contributed by atoms with Crippen molar-refractivity contribution in [3.05, 3.63) is 99.1 Å². The number of benzene rings is 3. The van der Waals surface area contributed by atoms with Crippen LogP contribution in [0.1, 0.15) is 41.0 Å². The fourth-order valence-electron chi connectivity index (χ4n) is 3.77. The fourth-order valence-corrected chi connectivity index (χ4v) is 6.34. The van der Waals surface area contributed by atoms with Gasteiger partial charge in [-0.1, -0.05) is 70.9 Å². The number of carbonyl (C=O) groups is 2.